The van der Waals surface area contributed by atoms with Crippen molar-refractivity contribution in [3.05, 3.63) is 24.2 Å². The minimum absolute atomic E-state index is 0. The third kappa shape index (κ3) is 4.21. The molecule has 1 saturated carbocycles. The fourth-order valence-electron chi connectivity index (χ4n) is 3.83. The molecule has 6 heteroatoms. The van der Waals surface area contributed by atoms with E-state index in [1.54, 1.807) is 25.3 Å². The van der Waals surface area contributed by atoms with Gasteiger partial charge in [0, 0.05) is 20.1 Å². The minimum atomic E-state index is -1.04. The molecule has 1 aromatic rings. The van der Waals surface area contributed by atoms with Crippen LogP contribution in [0.1, 0.15) is 38.4 Å². The van der Waals surface area contributed by atoms with Crippen LogP contribution >= 0.6 is 24.0 Å². The molecule has 1 saturated heterocycles. The van der Waals surface area contributed by atoms with Gasteiger partial charge in [0.2, 0.25) is 0 Å². The van der Waals surface area contributed by atoms with Crippen LogP contribution < -0.4 is 5.32 Å². The van der Waals surface area contributed by atoms with Gasteiger partial charge in [0.1, 0.15) is 11.4 Å². The molecule has 0 amide bonds. The number of nitrogens with zero attached hydrogens (tertiary/aromatic N) is 2. The van der Waals surface area contributed by atoms with E-state index in [-0.39, 0.29) is 24.0 Å². The largest absolute Gasteiger partial charge is 0.466 e. The molecule has 2 aliphatic rings. The highest BCUT2D eigenvalue weighted by Crippen LogP contribution is 2.36. The molecule has 0 radical (unpaired) electrons. The quantitative estimate of drug-likeness (QED) is 0.437. The zero-order valence-corrected chi connectivity index (χ0v) is 16.3. The Kier molecular flexibility index (Phi) is 6.36. The fourth-order valence-corrected chi connectivity index (χ4v) is 3.83. The molecule has 3 unspecified atom stereocenters. The van der Waals surface area contributed by atoms with E-state index in [4.69, 9.17) is 4.42 Å². The molecule has 3 rings (SSSR count). The molecule has 2 N–H and O–H groups in total. The molecule has 5 nitrogen and oxygen atoms in total. The number of fused-ring (bicyclic) bond motifs is 1. The number of likely N-dealkylation sites (tertiary alicyclic amines) is 1. The minimum Gasteiger partial charge on any atom is -0.466 e. The van der Waals surface area contributed by atoms with Gasteiger partial charge in [0.05, 0.1) is 12.8 Å². The molecule has 0 spiro atoms. The molecule has 1 aliphatic heterocycles. The van der Waals surface area contributed by atoms with Crippen LogP contribution in [0.4, 0.5) is 0 Å². The van der Waals surface area contributed by atoms with Gasteiger partial charge in [-0.05, 0) is 43.7 Å². The molecule has 2 heterocycles. The molecule has 1 aromatic heterocycles. The monoisotopic (exact) mass is 433 g/mol. The van der Waals surface area contributed by atoms with Crippen molar-refractivity contribution in [1.29, 1.82) is 0 Å². The van der Waals surface area contributed by atoms with Gasteiger partial charge in [0.25, 0.3) is 0 Å². The highest BCUT2D eigenvalue weighted by Gasteiger charge is 2.36. The van der Waals surface area contributed by atoms with E-state index in [1.165, 1.54) is 25.7 Å². The summed E-state index contributed by atoms with van der Waals surface area (Å²) in [6.45, 7) is 4.33. The van der Waals surface area contributed by atoms with Crippen molar-refractivity contribution in [3.8, 4) is 0 Å². The molecule has 3 atom stereocenters. The predicted molar refractivity (Wildman–Crippen MR) is 102 cm³/mol. The number of halogens is 1. The Morgan fingerprint density at radius 2 is 2.04 bits per heavy atom. The van der Waals surface area contributed by atoms with Crippen molar-refractivity contribution in [3.63, 3.8) is 0 Å². The first-order valence-corrected chi connectivity index (χ1v) is 8.32. The second-order valence-electron chi connectivity index (χ2n) is 6.86. The van der Waals surface area contributed by atoms with Crippen LogP contribution in [0, 0.1) is 11.8 Å². The van der Waals surface area contributed by atoms with Gasteiger partial charge in [-0.15, -0.1) is 24.0 Å². The number of aliphatic hydroxyl groups is 1. The van der Waals surface area contributed by atoms with E-state index >= 15 is 0 Å². The molecule has 2 fully saturated rings. The van der Waals surface area contributed by atoms with Gasteiger partial charge in [-0.1, -0.05) is 12.8 Å². The Bertz CT molecular complexity index is 502. The van der Waals surface area contributed by atoms with Gasteiger partial charge in [-0.25, -0.2) is 0 Å². The first-order chi connectivity index (χ1) is 10.6. The Balaban J connectivity index is 0.00000192. The van der Waals surface area contributed by atoms with Gasteiger partial charge >= 0.3 is 0 Å². The average molecular weight is 433 g/mol. The number of guanidine groups is 1. The molecule has 0 aromatic carbocycles. The van der Waals surface area contributed by atoms with Gasteiger partial charge < -0.3 is 19.7 Å². The summed E-state index contributed by atoms with van der Waals surface area (Å²) in [5.74, 6) is 3.10. The number of furan rings is 1. The summed E-state index contributed by atoms with van der Waals surface area (Å²) >= 11 is 0. The molecular weight excluding hydrogens is 405 g/mol. The number of aliphatic imine (C=N–C) groups is 1. The van der Waals surface area contributed by atoms with E-state index in [0.717, 1.165) is 30.9 Å². The Morgan fingerprint density at radius 1 is 1.39 bits per heavy atom. The highest BCUT2D eigenvalue weighted by molar-refractivity contribution is 14.0. The summed E-state index contributed by atoms with van der Waals surface area (Å²) < 4.78 is 5.32. The third-order valence-electron chi connectivity index (χ3n) is 5.13. The Labute approximate surface area is 155 Å². The number of hydrogen-bond acceptors (Lipinski definition) is 3. The van der Waals surface area contributed by atoms with Crippen LogP contribution in [0.5, 0.6) is 0 Å². The van der Waals surface area contributed by atoms with Crippen molar-refractivity contribution in [2.75, 3.05) is 26.7 Å². The summed E-state index contributed by atoms with van der Waals surface area (Å²) in [7, 11) is 1.81. The molecule has 0 bridgehead atoms. The second-order valence-corrected chi connectivity index (χ2v) is 6.86. The van der Waals surface area contributed by atoms with Gasteiger partial charge in [0.15, 0.2) is 5.96 Å². The smallest absolute Gasteiger partial charge is 0.193 e. The van der Waals surface area contributed by atoms with Crippen molar-refractivity contribution in [1.82, 2.24) is 10.2 Å². The number of hydrogen-bond donors (Lipinski definition) is 2. The van der Waals surface area contributed by atoms with Crippen molar-refractivity contribution < 1.29 is 9.52 Å². The molecular formula is C17H28IN3O2. The van der Waals surface area contributed by atoms with Crippen molar-refractivity contribution in [2.45, 2.75) is 38.2 Å². The zero-order chi connectivity index (χ0) is 15.6. The zero-order valence-electron chi connectivity index (χ0n) is 14.0. The Hall–Kier alpha value is -0.760. The predicted octanol–water partition coefficient (Wildman–Crippen LogP) is 2.80. The normalized spacial score (nSPS) is 27.1. The molecule has 1 aliphatic carbocycles. The van der Waals surface area contributed by atoms with Crippen LogP contribution in [0.25, 0.3) is 0 Å². The summed E-state index contributed by atoms with van der Waals surface area (Å²) in [5.41, 5.74) is -1.04. The molecule has 130 valence electrons. The third-order valence-corrected chi connectivity index (χ3v) is 5.13. The van der Waals surface area contributed by atoms with Gasteiger partial charge in [-0.3, -0.25) is 4.99 Å². The maximum absolute atomic E-state index is 10.5. The van der Waals surface area contributed by atoms with Crippen LogP contribution in [-0.4, -0.2) is 42.6 Å². The lowest BCUT2D eigenvalue weighted by molar-refractivity contribution is 0.0381. The topological polar surface area (TPSA) is 61.0 Å². The highest BCUT2D eigenvalue weighted by atomic mass is 127. The average Bonchev–Trinajstić information content (AvgIpc) is 3.17. The lowest BCUT2D eigenvalue weighted by Gasteiger charge is -2.26. The maximum atomic E-state index is 10.5. The summed E-state index contributed by atoms with van der Waals surface area (Å²) in [6, 6.07) is 3.60. The fraction of sp³-hybridized carbons (Fsp3) is 0.706. The number of rotatable bonds is 3. The summed E-state index contributed by atoms with van der Waals surface area (Å²) in [5, 5.41) is 13.9. The SMILES string of the molecule is CN=C(NCC(C)(O)c1ccco1)N1CC2CCCCC2C1.I. The Morgan fingerprint density at radius 3 is 2.57 bits per heavy atom. The van der Waals surface area contributed by atoms with Crippen LogP contribution in [0.2, 0.25) is 0 Å². The second kappa shape index (κ2) is 7.88. The summed E-state index contributed by atoms with van der Waals surface area (Å²) in [6.07, 6.45) is 7.02. The standard InChI is InChI=1S/C17H27N3O2.HI/c1-17(21,15-8-5-9-22-15)12-19-16(18-2)20-10-13-6-3-4-7-14(13)11-20;/h5,8-9,13-14,21H,3-4,6-7,10-12H2,1-2H3,(H,18,19);1H. The van der Waals surface area contributed by atoms with E-state index in [0.29, 0.717) is 12.3 Å². The van der Waals surface area contributed by atoms with Crippen LogP contribution in [-0.2, 0) is 5.60 Å². The van der Waals surface area contributed by atoms with E-state index in [1.807, 2.05) is 7.05 Å². The van der Waals surface area contributed by atoms with Crippen LogP contribution in [0.15, 0.2) is 27.8 Å². The van der Waals surface area contributed by atoms with Crippen molar-refractivity contribution in [2.24, 2.45) is 16.8 Å². The summed E-state index contributed by atoms with van der Waals surface area (Å²) in [4.78, 5) is 6.75. The number of nitrogens with one attached hydrogen (secondary N) is 1. The van der Waals surface area contributed by atoms with E-state index < -0.39 is 5.60 Å². The van der Waals surface area contributed by atoms with Crippen molar-refractivity contribution >= 4 is 29.9 Å². The lowest BCUT2D eigenvalue weighted by Crippen LogP contribution is -2.45. The maximum Gasteiger partial charge on any atom is 0.193 e. The van der Waals surface area contributed by atoms with E-state index in [9.17, 15) is 5.11 Å². The lowest BCUT2D eigenvalue weighted by atomic mass is 9.82. The first-order valence-electron chi connectivity index (χ1n) is 8.32. The first kappa shape index (κ1) is 18.6. The van der Waals surface area contributed by atoms with E-state index in [2.05, 4.69) is 15.2 Å². The van der Waals surface area contributed by atoms with Crippen LogP contribution in [0.3, 0.4) is 0 Å². The van der Waals surface area contributed by atoms with Gasteiger partial charge in [-0.2, -0.15) is 0 Å². The molecule has 23 heavy (non-hydrogen) atoms.